The number of amides is 2. The van der Waals surface area contributed by atoms with Crippen molar-refractivity contribution in [3.8, 4) is 11.8 Å². The molecule has 0 saturated heterocycles. The van der Waals surface area contributed by atoms with Gasteiger partial charge in [-0.25, -0.2) is 9.07 Å². The second-order valence-corrected chi connectivity index (χ2v) is 9.57. The third-order valence-corrected chi connectivity index (χ3v) is 6.13. The Balaban J connectivity index is 1.23. The van der Waals surface area contributed by atoms with Crippen molar-refractivity contribution in [3.05, 3.63) is 106 Å². The quantitative estimate of drug-likeness (QED) is 0.232. The van der Waals surface area contributed by atoms with Crippen LogP contribution in [0.4, 0.5) is 23.2 Å². The van der Waals surface area contributed by atoms with Crippen LogP contribution in [0.15, 0.2) is 77.9 Å². The van der Waals surface area contributed by atoms with Gasteiger partial charge >= 0.3 is 6.36 Å². The Bertz CT molecular complexity index is 1730. The van der Waals surface area contributed by atoms with Crippen molar-refractivity contribution in [1.29, 1.82) is 5.26 Å². The predicted molar refractivity (Wildman–Crippen MR) is 148 cm³/mol. The van der Waals surface area contributed by atoms with E-state index < -0.39 is 29.7 Å². The van der Waals surface area contributed by atoms with Gasteiger partial charge in [0.25, 0.3) is 11.5 Å². The average Bonchev–Trinajstić information content (AvgIpc) is 3.43. The summed E-state index contributed by atoms with van der Waals surface area (Å²) in [5.74, 6) is -1.46. The number of nitrogens with one attached hydrogen (secondary N) is 2. The van der Waals surface area contributed by atoms with Crippen molar-refractivity contribution in [2.45, 2.75) is 45.0 Å². The first kappa shape index (κ1) is 31.4. The van der Waals surface area contributed by atoms with Gasteiger partial charge in [0.1, 0.15) is 11.9 Å². The summed E-state index contributed by atoms with van der Waals surface area (Å²) >= 11 is 0. The van der Waals surface area contributed by atoms with E-state index in [1.165, 1.54) is 41.2 Å². The summed E-state index contributed by atoms with van der Waals surface area (Å²) < 4.78 is 58.2. The standard InChI is InChI=1S/C29H25F4N7O4/c30-22(7-9-39-10-8-23(14-27(39)42)36-26(41)13-19-3-1-4-20(11-19)15-34)17-40-18-25(37-38-40)28(43)35-16-21-5-2-6-24(12-21)44-29(31,32)33/h1-6,8,10-12,14,18,22H,7,9,13,16-17H2,(H,35,43)(H,36,41). The summed E-state index contributed by atoms with van der Waals surface area (Å²) in [6, 6.07) is 16.5. The van der Waals surface area contributed by atoms with Gasteiger partial charge in [0, 0.05) is 31.0 Å². The number of aryl methyl sites for hydroxylation is 1. The van der Waals surface area contributed by atoms with Gasteiger partial charge in [-0.05, 0) is 47.9 Å². The molecule has 4 rings (SSSR count). The van der Waals surface area contributed by atoms with Crippen molar-refractivity contribution < 1.29 is 31.9 Å². The molecule has 2 aromatic heterocycles. The number of ether oxygens (including phenoxy) is 1. The lowest BCUT2D eigenvalue weighted by molar-refractivity contribution is -0.274. The van der Waals surface area contributed by atoms with E-state index in [9.17, 15) is 31.9 Å². The zero-order valence-corrected chi connectivity index (χ0v) is 22.9. The van der Waals surface area contributed by atoms with Gasteiger partial charge < -0.3 is 19.9 Å². The Labute approximate surface area is 247 Å². The number of nitriles is 1. The number of hydrogen-bond donors (Lipinski definition) is 2. The number of carbonyl (C=O) groups is 2. The van der Waals surface area contributed by atoms with Crippen molar-refractivity contribution >= 4 is 17.5 Å². The Morgan fingerprint density at radius 2 is 1.84 bits per heavy atom. The number of carbonyl (C=O) groups excluding carboxylic acids is 2. The Kier molecular flexibility index (Phi) is 10.1. The third kappa shape index (κ3) is 9.51. The van der Waals surface area contributed by atoms with Gasteiger partial charge in [0.2, 0.25) is 5.91 Å². The summed E-state index contributed by atoms with van der Waals surface area (Å²) in [5, 5.41) is 21.5. The maximum atomic E-state index is 14.7. The molecule has 0 radical (unpaired) electrons. The number of pyridine rings is 1. The number of benzene rings is 2. The fourth-order valence-electron chi connectivity index (χ4n) is 4.10. The van der Waals surface area contributed by atoms with Crippen LogP contribution in [0, 0.1) is 11.3 Å². The van der Waals surface area contributed by atoms with Gasteiger partial charge in [0.05, 0.1) is 30.8 Å². The number of nitrogens with zero attached hydrogens (tertiary/aromatic N) is 5. The molecule has 0 aliphatic rings. The number of halogens is 4. The highest BCUT2D eigenvalue weighted by atomic mass is 19.4. The molecule has 15 heteroatoms. The van der Waals surface area contributed by atoms with Crippen LogP contribution in [-0.2, 0) is 30.8 Å². The maximum absolute atomic E-state index is 14.7. The summed E-state index contributed by atoms with van der Waals surface area (Å²) in [6.07, 6.45) is -3.67. The predicted octanol–water partition coefficient (Wildman–Crippen LogP) is 3.75. The second kappa shape index (κ2) is 14.1. The molecule has 44 heavy (non-hydrogen) atoms. The van der Waals surface area contributed by atoms with Crippen LogP contribution in [0.5, 0.6) is 5.75 Å². The smallest absolute Gasteiger partial charge is 0.406 e. The van der Waals surface area contributed by atoms with E-state index in [0.29, 0.717) is 16.7 Å². The SMILES string of the molecule is N#Cc1cccc(CC(=O)Nc2ccn(CCC(F)Cn3cc(C(=O)NCc4cccc(OC(F)(F)F)c4)nn3)c(=O)c2)c1. The van der Waals surface area contributed by atoms with E-state index in [0.717, 1.165) is 16.8 Å². The van der Waals surface area contributed by atoms with E-state index in [4.69, 9.17) is 5.26 Å². The minimum Gasteiger partial charge on any atom is -0.406 e. The third-order valence-electron chi connectivity index (χ3n) is 6.13. The zero-order valence-electron chi connectivity index (χ0n) is 22.9. The topological polar surface area (TPSA) is 144 Å². The van der Waals surface area contributed by atoms with Gasteiger partial charge in [-0.1, -0.05) is 29.5 Å². The monoisotopic (exact) mass is 611 g/mol. The van der Waals surface area contributed by atoms with Crippen molar-refractivity contribution in [2.75, 3.05) is 5.32 Å². The number of aromatic nitrogens is 4. The first-order chi connectivity index (χ1) is 21.0. The fraction of sp³-hybridized carbons (Fsp3) is 0.241. The van der Waals surface area contributed by atoms with Crippen LogP contribution in [-0.4, -0.2) is 43.9 Å². The fourth-order valence-corrected chi connectivity index (χ4v) is 4.10. The van der Waals surface area contributed by atoms with Crippen LogP contribution in [0.25, 0.3) is 0 Å². The normalized spacial score (nSPS) is 11.8. The highest BCUT2D eigenvalue weighted by Crippen LogP contribution is 2.23. The van der Waals surface area contributed by atoms with Crippen molar-refractivity contribution in [2.24, 2.45) is 0 Å². The molecule has 0 aliphatic heterocycles. The molecular weight excluding hydrogens is 586 g/mol. The first-order valence-corrected chi connectivity index (χ1v) is 13.1. The molecule has 228 valence electrons. The van der Waals surface area contributed by atoms with Gasteiger partial charge in [-0.15, -0.1) is 18.3 Å². The lowest BCUT2D eigenvalue weighted by Gasteiger charge is -2.11. The van der Waals surface area contributed by atoms with Crippen molar-refractivity contribution in [1.82, 2.24) is 24.9 Å². The molecule has 2 aromatic carbocycles. The molecule has 0 fully saturated rings. The van der Waals surface area contributed by atoms with E-state index in [1.807, 2.05) is 6.07 Å². The molecular formula is C29H25F4N7O4. The Hall–Kier alpha value is -5.52. The molecule has 0 spiro atoms. The molecule has 0 aliphatic carbocycles. The van der Waals surface area contributed by atoms with E-state index in [2.05, 4.69) is 25.7 Å². The number of anilines is 1. The van der Waals surface area contributed by atoms with Gasteiger partial charge in [0.15, 0.2) is 5.69 Å². The van der Waals surface area contributed by atoms with E-state index in [-0.39, 0.29) is 49.8 Å². The number of hydrogen-bond acceptors (Lipinski definition) is 7. The Morgan fingerprint density at radius 1 is 1.07 bits per heavy atom. The van der Waals surface area contributed by atoms with Crippen LogP contribution in [0.3, 0.4) is 0 Å². The zero-order chi connectivity index (χ0) is 31.7. The molecule has 0 saturated carbocycles. The first-order valence-electron chi connectivity index (χ1n) is 13.1. The van der Waals surface area contributed by atoms with E-state index >= 15 is 0 Å². The molecule has 2 amide bonds. The maximum Gasteiger partial charge on any atom is 0.573 e. The lowest BCUT2D eigenvalue weighted by atomic mass is 10.1. The minimum atomic E-state index is -4.84. The lowest BCUT2D eigenvalue weighted by Crippen LogP contribution is -2.24. The molecule has 4 aromatic rings. The second-order valence-electron chi connectivity index (χ2n) is 9.57. The number of rotatable bonds is 12. The number of alkyl halides is 4. The van der Waals surface area contributed by atoms with Crippen LogP contribution in [0.2, 0.25) is 0 Å². The highest BCUT2D eigenvalue weighted by molar-refractivity contribution is 5.92. The highest BCUT2D eigenvalue weighted by Gasteiger charge is 2.31. The summed E-state index contributed by atoms with van der Waals surface area (Å²) in [4.78, 5) is 37.2. The summed E-state index contributed by atoms with van der Waals surface area (Å²) in [7, 11) is 0. The minimum absolute atomic E-state index is 0.0163. The van der Waals surface area contributed by atoms with Crippen LogP contribution < -0.4 is 20.9 Å². The van der Waals surface area contributed by atoms with Gasteiger partial charge in [-0.3, -0.25) is 14.4 Å². The van der Waals surface area contributed by atoms with Crippen LogP contribution in [0.1, 0.15) is 33.6 Å². The van der Waals surface area contributed by atoms with Crippen molar-refractivity contribution in [3.63, 3.8) is 0 Å². The average molecular weight is 612 g/mol. The molecule has 2 N–H and O–H groups in total. The molecule has 11 nitrogen and oxygen atoms in total. The summed E-state index contributed by atoms with van der Waals surface area (Å²) in [6.45, 7) is -0.318. The largest absolute Gasteiger partial charge is 0.573 e. The van der Waals surface area contributed by atoms with Gasteiger partial charge in [-0.2, -0.15) is 5.26 Å². The van der Waals surface area contributed by atoms with E-state index in [1.54, 1.807) is 24.3 Å². The molecule has 0 bridgehead atoms. The Morgan fingerprint density at radius 3 is 2.59 bits per heavy atom. The molecule has 2 heterocycles. The molecule has 1 unspecified atom stereocenters. The van der Waals surface area contributed by atoms with Crippen LogP contribution >= 0.6 is 0 Å². The summed E-state index contributed by atoms with van der Waals surface area (Å²) in [5.41, 5.74) is 1.14. The molecule has 1 atom stereocenters.